The van der Waals surface area contributed by atoms with Gasteiger partial charge in [0.1, 0.15) is 0 Å². The molecule has 0 aliphatic rings. The first kappa shape index (κ1) is 5.97. The predicted octanol–water partition coefficient (Wildman–Crippen LogP) is 1.32. The van der Waals surface area contributed by atoms with Gasteiger partial charge < -0.3 is 0 Å². The molecular formula is C5H3NSSe. The quantitative estimate of drug-likeness (QED) is 0.377. The molecule has 0 aliphatic carbocycles. The molecule has 8 heavy (non-hydrogen) atoms. The van der Waals surface area contributed by atoms with Gasteiger partial charge in [0, 0.05) is 0 Å². The van der Waals surface area contributed by atoms with Gasteiger partial charge in [-0.25, -0.2) is 0 Å². The van der Waals surface area contributed by atoms with E-state index in [-0.39, 0.29) is 0 Å². The molecule has 1 rings (SSSR count). The summed E-state index contributed by atoms with van der Waals surface area (Å²) in [6.07, 6.45) is 0. The molecule has 0 bridgehead atoms. The molecule has 0 spiro atoms. The van der Waals surface area contributed by atoms with E-state index in [4.69, 9.17) is 5.26 Å². The fraction of sp³-hybridized carbons (Fsp3) is 0. The van der Waals surface area contributed by atoms with Gasteiger partial charge in [0.15, 0.2) is 0 Å². The van der Waals surface area contributed by atoms with Crippen LogP contribution in [0, 0.1) is 10.7 Å². The van der Waals surface area contributed by atoms with Crippen molar-refractivity contribution in [2.24, 2.45) is 0 Å². The molecule has 0 saturated carbocycles. The maximum absolute atomic E-state index is 8.17. The first-order chi connectivity index (χ1) is 3.93. The van der Waals surface area contributed by atoms with Gasteiger partial charge in [-0.2, -0.15) is 0 Å². The van der Waals surface area contributed by atoms with Gasteiger partial charge in [-0.15, -0.1) is 0 Å². The number of hydrogen-bond acceptors (Lipinski definition) is 2. The normalized spacial score (nSPS) is 8.38. The summed E-state index contributed by atoms with van der Waals surface area (Å²) in [5.74, 6) is 0. The summed E-state index contributed by atoms with van der Waals surface area (Å²) in [5, 5.41) is 10.2. The van der Waals surface area contributed by atoms with Crippen molar-refractivity contribution < 1.29 is 0 Å². The Bertz CT molecular complexity index is 187. The predicted molar refractivity (Wildman–Crippen MR) is 34.9 cm³/mol. The number of rotatable bonds is 1. The molecule has 0 aromatic carbocycles. The molecule has 0 atom stereocenters. The van der Waals surface area contributed by atoms with Crippen LogP contribution in [0.4, 0.5) is 0 Å². The molecular weight excluding hydrogens is 185 g/mol. The standard InChI is InChI=1S/C5H3NSSe/c6-4-7-5-1-2-8-3-5/h1-3H. The molecule has 0 N–H and O–H groups in total. The molecule has 0 radical (unpaired) electrons. The molecule has 0 aliphatic heterocycles. The van der Waals surface area contributed by atoms with Crippen LogP contribution in [-0.2, 0) is 0 Å². The van der Waals surface area contributed by atoms with Gasteiger partial charge in [0.05, 0.1) is 0 Å². The molecule has 3 heteroatoms. The molecule has 0 unspecified atom stereocenters. The van der Waals surface area contributed by atoms with Crippen LogP contribution >= 0.6 is 11.8 Å². The third kappa shape index (κ3) is 1.41. The number of thiocyanates is 1. The Kier molecular flexibility index (Phi) is 2.23. The topological polar surface area (TPSA) is 23.8 Å². The van der Waals surface area contributed by atoms with Gasteiger partial charge in [0.25, 0.3) is 0 Å². The zero-order chi connectivity index (χ0) is 5.82. The average molecular weight is 188 g/mol. The van der Waals surface area contributed by atoms with Gasteiger partial charge in [0.2, 0.25) is 0 Å². The second-order valence-electron chi connectivity index (χ2n) is 1.15. The SMILES string of the molecule is N#CSc1cc[se]c1. The van der Waals surface area contributed by atoms with Crippen LogP contribution in [0.5, 0.6) is 0 Å². The van der Waals surface area contributed by atoms with E-state index >= 15 is 0 Å². The second-order valence-corrected chi connectivity index (χ2v) is 3.65. The molecule has 40 valence electrons. The van der Waals surface area contributed by atoms with Crippen LogP contribution < -0.4 is 0 Å². The Hall–Kier alpha value is -0.161. The van der Waals surface area contributed by atoms with Crippen molar-refractivity contribution in [3.8, 4) is 5.40 Å². The molecule has 0 amide bonds. The van der Waals surface area contributed by atoms with E-state index in [1.165, 1.54) is 11.8 Å². The maximum atomic E-state index is 8.17. The van der Waals surface area contributed by atoms with Gasteiger partial charge >= 0.3 is 57.8 Å². The fourth-order valence-corrected chi connectivity index (χ4v) is 2.52. The molecule has 1 aromatic rings. The van der Waals surface area contributed by atoms with E-state index < -0.39 is 0 Å². The van der Waals surface area contributed by atoms with Crippen molar-refractivity contribution in [1.82, 2.24) is 0 Å². The summed E-state index contributed by atoms with van der Waals surface area (Å²) in [7, 11) is 0. The van der Waals surface area contributed by atoms with Gasteiger partial charge in [-0.3, -0.25) is 0 Å². The molecule has 1 heterocycles. The van der Waals surface area contributed by atoms with E-state index in [0.717, 1.165) is 4.90 Å². The van der Waals surface area contributed by atoms with Crippen molar-refractivity contribution in [3.63, 3.8) is 0 Å². The Labute approximate surface area is 58.1 Å². The summed E-state index contributed by atoms with van der Waals surface area (Å²) in [5.41, 5.74) is 0. The van der Waals surface area contributed by atoms with E-state index in [9.17, 15) is 0 Å². The second kappa shape index (κ2) is 2.98. The number of nitrogens with zero attached hydrogens (tertiary/aromatic N) is 1. The summed E-state index contributed by atoms with van der Waals surface area (Å²) >= 11 is 1.76. The Morgan fingerprint density at radius 1 is 1.75 bits per heavy atom. The van der Waals surface area contributed by atoms with E-state index in [1.807, 2.05) is 11.5 Å². The number of thioether (sulfide) groups is 1. The van der Waals surface area contributed by atoms with Crippen LogP contribution in [0.1, 0.15) is 0 Å². The Morgan fingerprint density at radius 2 is 2.62 bits per heavy atom. The van der Waals surface area contributed by atoms with Crippen LogP contribution in [0.3, 0.4) is 0 Å². The summed E-state index contributed by atoms with van der Waals surface area (Å²) < 4.78 is 0. The average Bonchev–Trinajstić information content (AvgIpc) is 2.19. The van der Waals surface area contributed by atoms with E-state index in [1.54, 1.807) is 0 Å². The third-order valence-corrected chi connectivity index (χ3v) is 3.01. The van der Waals surface area contributed by atoms with Gasteiger partial charge in [-0.05, 0) is 0 Å². The van der Waals surface area contributed by atoms with Crippen LogP contribution in [0.2, 0.25) is 0 Å². The minimum absolute atomic E-state index is 0.527. The van der Waals surface area contributed by atoms with Crippen molar-refractivity contribution >= 4 is 26.3 Å². The Morgan fingerprint density at radius 3 is 3.12 bits per heavy atom. The summed E-state index contributed by atoms with van der Waals surface area (Å²) in [6, 6.07) is 1.99. The summed E-state index contributed by atoms with van der Waals surface area (Å²) in [6.45, 7) is 0. The first-order valence-corrected chi connectivity index (χ1v) is 4.81. The zero-order valence-corrected chi connectivity index (χ0v) is 6.53. The number of nitriles is 1. The van der Waals surface area contributed by atoms with E-state index in [2.05, 4.69) is 9.88 Å². The van der Waals surface area contributed by atoms with Crippen molar-refractivity contribution in [1.29, 1.82) is 5.26 Å². The molecule has 0 saturated heterocycles. The summed E-state index contributed by atoms with van der Waals surface area (Å²) in [4.78, 5) is 5.31. The molecule has 1 aromatic heterocycles. The Balaban J connectivity index is 2.67. The van der Waals surface area contributed by atoms with Crippen LogP contribution in [0.15, 0.2) is 20.8 Å². The minimum atomic E-state index is 0.527. The monoisotopic (exact) mass is 189 g/mol. The van der Waals surface area contributed by atoms with Gasteiger partial charge in [-0.1, -0.05) is 0 Å². The fourth-order valence-electron chi connectivity index (χ4n) is 0.363. The molecule has 1 nitrogen and oxygen atoms in total. The van der Waals surface area contributed by atoms with Crippen molar-refractivity contribution in [3.05, 3.63) is 15.9 Å². The molecule has 0 fully saturated rings. The van der Waals surface area contributed by atoms with Crippen molar-refractivity contribution in [2.45, 2.75) is 4.90 Å². The van der Waals surface area contributed by atoms with E-state index in [0.29, 0.717) is 14.5 Å². The van der Waals surface area contributed by atoms with Crippen LogP contribution in [0.25, 0.3) is 0 Å². The van der Waals surface area contributed by atoms with Crippen molar-refractivity contribution in [2.75, 3.05) is 0 Å². The third-order valence-electron chi connectivity index (χ3n) is 0.659. The number of hydrogen-bond donors (Lipinski definition) is 0. The van der Waals surface area contributed by atoms with Crippen LogP contribution in [-0.4, -0.2) is 14.5 Å². The first-order valence-electron chi connectivity index (χ1n) is 2.01. The zero-order valence-electron chi connectivity index (χ0n) is 4.00.